The summed E-state index contributed by atoms with van der Waals surface area (Å²) in [4.78, 5) is 13.8. The summed E-state index contributed by atoms with van der Waals surface area (Å²) in [6.45, 7) is 0. The Balaban J connectivity index is 1.22. The van der Waals surface area contributed by atoms with Crippen molar-refractivity contribution in [2.45, 2.75) is 0 Å². The molecule has 190 valence electrons. The molecular formula is C28H14O2P2S7. The molecule has 0 N–H and O–H groups in total. The molecule has 0 aliphatic heterocycles. The quantitative estimate of drug-likeness (QED) is 0.151. The predicted molar refractivity (Wildman–Crippen MR) is 179 cm³/mol. The third-order valence-electron chi connectivity index (χ3n) is 5.93. The minimum Gasteiger partial charge on any atom is -0.269 e. The summed E-state index contributed by atoms with van der Waals surface area (Å²) in [6, 6.07) is 25.6. The Morgan fingerprint density at radius 3 is 1.05 bits per heavy atom. The molecule has 0 bridgehead atoms. The van der Waals surface area contributed by atoms with Crippen molar-refractivity contribution in [3.8, 4) is 58.5 Å². The number of thiophene rings is 7. The number of rotatable bonds is 8. The van der Waals surface area contributed by atoms with Gasteiger partial charge in [0.05, 0.1) is 20.4 Å². The van der Waals surface area contributed by atoms with E-state index in [1.807, 2.05) is 0 Å². The van der Waals surface area contributed by atoms with Gasteiger partial charge in [-0.1, -0.05) is 12.1 Å². The highest BCUT2D eigenvalue weighted by molar-refractivity contribution is 7.47. The summed E-state index contributed by atoms with van der Waals surface area (Å²) >= 11 is 12.0. The molecule has 0 unspecified atom stereocenters. The SMILES string of the molecule is O=Pc1c(-c2ccc(-c3ccc(-c4cccs4)s3)s2)sc(-c2ccc(-c3ccc(-c4cccs4)s3)s2)c1P=O. The minimum atomic E-state index is -0.113. The van der Waals surface area contributed by atoms with Gasteiger partial charge in [0, 0.05) is 48.8 Å². The van der Waals surface area contributed by atoms with Gasteiger partial charge >= 0.3 is 0 Å². The van der Waals surface area contributed by atoms with Crippen LogP contribution in [0.4, 0.5) is 0 Å². The fourth-order valence-electron chi connectivity index (χ4n) is 4.14. The van der Waals surface area contributed by atoms with Gasteiger partial charge in [-0.2, -0.15) is 0 Å². The smallest absolute Gasteiger partial charge is 0.195 e. The largest absolute Gasteiger partial charge is 0.269 e. The second-order valence-electron chi connectivity index (χ2n) is 8.25. The van der Waals surface area contributed by atoms with E-state index < -0.39 is 0 Å². The van der Waals surface area contributed by atoms with E-state index in [9.17, 15) is 9.13 Å². The second-order valence-corrected chi connectivity index (χ2v) is 16.8. The Kier molecular flexibility index (Phi) is 7.45. The Morgan fingerprint density at radius 1 is 0.385 bits per heavy atom. The molecule has 0 aliphatic carbocycles. The van der Waals surface area contributed by atoms with Crippen LogP contribution in [-0.2, 0) is 9.13 Å². The second kappa shape index (κ2) is 11.2. The summed E-state index contributed by atoms with van der Waals surface area (Å²) in [6.07, 6.45) is 0. The van der Waals surface area contributed by atoms with E-state index in [1.54, 1.807) is 79.4 Å². The van der Waals surface area contributed by atoms with Gasteiger partial charge in [0.15, 0.2) is 16.9 Å². The summed E-state index contributed by atoms with van der Waals surface area (Å²) in [5, 5.41) is 5.44. The highest BCUT2D eigenvalue weighted by Gasteiger charge is 2.24. The standard InChI is InChI=1S/C28H14O2P2S7/c29-31-25-26(32-30)28(24-12-10-22(38-24)20-8-6-18(36-20)16-4-2-14-34-16)39-27(25)23-11-9-21(37-23)19-7-5-17(35-19)15-3-1-13-33-15/h1-14H. The molecule has 0 saturated heterocycles. The van der Waals surface area contributed by atoms with Gasteiger partial charge in [-0.15, -0.1) is 79.4 Å². The molecule has 0 atom stereocenters. The van der Waals surface area contributed by atoms with E-state index >= 15 is 0 Å². The van der Waals surface area contributed by atoms with Gasteiger partial charge in [0.1, 0.15) is 0 Å². The Morgan fingerprint density at radius 2 is 0.718 bits per heavy atom. The van der Waals surface area contributed by atoms with Crippen LogP contribution in [0.1, 0.15) is 0 Å². The van der Waals surface area contributed by atoms with Crippen molar-refractivity contribution in [1.29, 1.82) is 0 Å². The van der Waals surface area contributed by atoms with Gasteiger partial charge in [0.25, 0.3) is 0 Å². The first-order valence-corrected chi connectivity index (χ1v) is 19.0. The maximum absolute atomic E-state index is 12.4. The van der Waals surface area contributed by atoms with Crippen molar-refractivity contribution < 1.29 is 9.13 Å². The lowest BCUT2D eigenvalue weighted by molar-refractivity contribution is 0.601. The van der Waals surface area contributed by atoms with Gasteiger partial charge in [-0.25, -0.2) is 0 Å². The van der Waals surface area contributed by atoms with Crippen LogP contribution >= 0.6 is 96.3 Å². The Labute approximate surface area is 255 Å². The average Bonchev–Trinajstić information content (AvgIpc) is 3.82. The first kappa shape index (κ1) is 26.0. The monoisotopic (exact) mass is 668 g/mol. The molecule has 0 saturated carbocycles. The molecule has 0 fully saturated rings. The minimum absolute atomic E-state index is 0.113. The van der Waals surface area contributed by atoms with Gasteiger partial charge in [-0.3, -0.25) is 9.13 Å². The van der Waals surface area contributed by atoms with E-state index in [0.717, 1.165) is 19.5 Å². The fraction of sp³-hybridized carbons (Fsp3) is 0. The molecule has 7 aromatic heterocycles. The summed E-state index contributed by atoms with van der Waals surface area (Å²) in [5.41, 5.74) is 0. The lowest BCUT2D eigenvalue weighted by Crippen LogP contribution is -2.10. The molecule has 7 aromatic rings. The Bertz CT molecular complexity index is 1780. The molecule has 0 spiro atoms. The van der Waals surface area contributed by atoms with Crippen molar-refractivity contribution in [2.24, 2.45) is 0 Å². The molecule has 0 aromatic carbocycles. The van der Waals surface area contributed by atoms with Crippen LogP contribution in [-0.4, -0.2) is 0 Å². The molecule has 11 heteroatoms. The van der Waals surface area contributed by atoms with Crippen LogP contribution in [0.25, 0.3) is 58.5 Å². The normalized spacial score (nSPS) is 11.7. The third-order valence-corrected chi connectivity index (χ3v) is 16.1. The first-order chi connectivity index (χ1) is 19.2. The van der Waals surface area contributed by atoms with E-state index in [1.165, 1.54) is 39.0 Å². The zero-order valence-electron chi connectivity index (χ0n) is 19.7. The van der Waals surface area contributed by atoms with Crippen molar-refractivity contribution in [1.82, 2.24) is 0 Å². The topological polar surface area (TPSA) is 34.1 Å². The zero-order chi connectivity index (χ0) is 26.3. The number of hydrogen-bond donors (Lipinski definition) is 0. The highest BCUT2D eigenvalue weighted by atomic mass is 32.1. The van der Waals surface area contributed by atoms with Crippen LogP contribution in [0.3, 0.4) is 0 Å². The van der Waals surface area contributed by atoms with Gasteiger partial charge in [0.2, 0.25) is 0 Å². The van der Waals surface area contributed by atoms with Gasteiger partial charge in [-0.05, 0) is 71.4 Å². The van der Waals surface area contributed by atoms with Crippen LogP contribution in [0, 0.1) is 0 Å². The molecule has 39 heavy (non-hydrogen) atoms. The lowest BCUT2D eigenvalue weighted by atomic mass is 10.3. The Hall–Kier alpha value is -1.90. The molecule has 0 aliphatic rings. The third kappa shape index (κ3) is 4.95. The zero-order valence-corrected chi connectivity index (χ0v) is 27.2. The van der Waals surface area contributed by atoms with Crippen LogP contribution < -0.4 is 10.6 Å². The molecule has 7 rings (SSSR count). The maximum Gasteiger partial charge on any atom is 0.195 e. The van der Waals surface area contributed by atoms with E-state index in [0.29, 0.717) is 10.6 Å². The predicted octanol–water partition coefficient (Wildman–Crippen LogP) is 12.0. The summed E-state index contributed by atoms with van der Waals surface area (Å²) in [7, 11) is -0.226. The summed E-state index contributed by atoms with van der Waals surface area (Å²) in [5.74, 6) is 0. The molecule has 0 amide bonds. The molecule has 7 heterocycles. The lowest BCUT2D eigenvalue weighted by Gasteiger charge is -1.93. The van der Waals surface area contributed by atoms with Gasteiger partial charge < -0.3 is 0 Å². The van der Waals surface area contributed by atoms with E-state index in [2.05, 4.69) is 83.6 Å². The number of hydrogen-bond acceptors (Lipinski definition) is 9. The molecule has 2 nitrogen and oxygen atoms in total. The highest BCUT2D eigenvalue weighted by Crippen LogP contribution is 2.46. The van der Waals surface area contributed by atoms with Crippen molar-refractivity contribution in [2.75, 3.05) is 0 Å². The maximum atomic E-state index is 12.4. The molecule has 0 radical (unpaired) electrons. The van der Waals surface area contributed by atoms with Crippen LogP contribution in [0.5, 0.6) is 0 Å². The van der Waals surface area contributed by atoms with Crippen molar-refractivity contribution in [3.63, 3.8) is 0 Å². The average molecular weight is 669 g/mol. The van der Waals surface area contributed by atoms with Crippen LogP contribution in [0.15, 0.2) is 83.6 Å². The fourth-order valence-corrected chi connectivity index (χ4v) is 13.2. The summed E-state index contributed by atoms with van der Waals surface area (Å²) < 4.78 is 24.7. The van der Waals surface area contributed by atoms with Crippen molar-refractivity contribution in [3.05, 3.63) is 83.6 Å². The van der Waals surface area contributed by atoms with Crippen molar-refractivity contribution >= 4 is 107 Å². The first-order valence-electron chi connectivity index (χ1n) is 11.5. The van der Waals surface area contributed by atoms with E-state index in [-0.39, 0.29) is 16.9 Å². The molecular weight excluding hydrogens is 655 g/mol. The van der Waals surface area contributed by atoms with E-state index in [4.69, 9.17) is 0 Å². The van der Waals surface area contributed by atoms with Crippen LogP contribution in [0.2, 0.25) is 0 Å².